The lowest BCUT2D eigenvalue weighted by Gasteiger charge is -2.31. The van der Waals surface area contributed by atoms with Crippen LogP contribution in [0, 0.1) is 0 Å². The van der Waals surface area contributed by atoms with Crippen molar-refractivity contribution in [2.75, 3.05) is 19.6 Å². The number of halogens is 3. The average molecular weight is 326 g/mol. The first kappa shape index (κ1) is 15.8. The molecule has 1 saturated heterocycles. The molecule has 0 radical (unpaired) electrons. The van der Waals surface area contributed by atoms with E-state index in [9.17, 15) is 18.0 Å². The van der Waals surface area contributed by atoms with Gasteiger partial charge in [0.15, 0.2) is 0 Å². The molecule has 1 aliphatic rings. The van der Waals surface area contributed by atoms with Gasteiger partial charge in [0.2, 0.25) is 0 Å². The first-order valence-electron chi connectivity index (χ1n) is 7.41. The molecule has 3 rings (SSSR count). The van der Waals surface area contributed by atoms with Crippen LogP contribution in [0.4, 0.5) is 13.2 Å². The summed E-state index contributed by atoms with van der Waals surface area (Å²) in [5, 5.41) is 0. The number of nitrogens with two attached hydrogens (primary N) is 1. The van der Waals surface area contributed by atoms with Crippen LogP contribution in [0.5, 0.6) is 0 Å². The van der Waals surface area contributed by atoms with Crippen molar-refractivity contribution in [3.63, 3.8) is 0 Å². The number of carbonyl (C=O) groups excluding carboxylic acids is 1. The van der Waals surface area contributed by atoms with Crippen molar-refractivity contribution in [2.45, 2.75) is 24.9 Å². The Morgan fingerprint density at radius 1 is 1.35 bits per heavy atom. The number of amides is 1. The number of primary amides is 1. The minimum absolute atomic E-state index is 0.0626. The van der Waals surface area contributed by atoms with E-state index in [1.165, 1.54) is 4.90 Å². The van der Waals surface area contributed by atoms with Gasteiger partial charge in [-0.2, -0.15) is 13.2 Å². The second kappa shape index (κ2) is 5.84. The number of para-hydroxylation sites is 1. The maximum atomic E-state index is 12.4. The van der Waals surface area contributed by atoms with Crippen LogP contribution in [0.15, 0.2) is 18.2 Å². The lowest BCUT2D eigenvalue weighted by molar-refractivity contribution is -0.148. The third kappa shape index (κ3) is 3.47. The molecule has 0 spiro atoms. The van der Waals surface area contributed by atoms with E-state index in [1.807, 2.05) is 0 Å². The van der Waals surface area contributed by atoms with Crippen LogP contribution in [0.3, 0.4) is 0 Å². The van der Waals surface area contributed by atoms with Crippen LogP contribution in [-0.4, -0.2) is 46.6 Å². The number of hydrogen-bond donors (Lipinski definition) is 2. The molecule has 0 aliphatic carbocycles. The molecule has 1 aromatic heterocycles. The number of rotatable bonds is 3. The third-order valence-corrected chi connectivity index (χ3v) is 4.17. The number of aromatic amines is 1. The summed E-state index contributed by atoms with van der Waals surface area (Å²) in [6.07, 6.45) is -2.97. The zero-order valence-corrected chi connectivity index (χ0v) is 12.4. The monoisotopic (exact) mass is 326 g/mol. The number of likely N-dealkylation sites (tertiary alicyclic amines) is 1. The summed E-state index contributed by atoms with van der Waals surface area (Å²) < 4.78 is 37.2. The Labute approximate surface area is 130 Å². The summed E-state index contributed by atoms with van der Waals surface area (Å²) in [5.41, 5.74) is 6.92. The highest BCUT2D eigenvalue weighted by molar-refractivity contribution is 6.04. The van der Waals surface area contributed by atoms with Gasteiger partial charge in [0.25, 0.3) is 5.91 Å². The number of imidazole rings is 1. The third-order valence-electron chi connectivity index (χ3n) is 4.17. The number of aromatic nitrogens is 2. The van der Waals surface area contributed by atoms with Gasteiger partial charge in [0.05, 0.1) is 17.6 Å². The van der Waals surface area contributed by atoms with E-state index >= 15 is 0 Å². The quantitative estimate of drug-likeness (QED) is 0.909. The van der Waals surface area contributed by atoms with Crippen LogP contribution in [0.1, 0.15) is 34.9 Å². The normalized spacial score (nSPS) is 17.7. The second-order valence-corrected chi connectivity index (χ2v) is 5.85. The largest absolute Gasteiger partial charge is 0.401 e. The number of H-pyrrole nitrogens is 1. The Bertz CT molecular complexity index is 717. The van der Waals surface area contributed by atoms with Crippen molar-refractivity contribution < 1.29 is 18.0 Å². The summed E-state index contributed by atoms with van der Waals surface area (Å²) in [7, 11) is 0. The summed E-state index contributed by atoms with van der Waals surface area (Å²) in [4.78, 5) is 20.5. The van der Waals surface area contributed by atoms with E-state index in [0.717, 1.165) is 0 Å². The zero-order valence-electron chi connectivity index (χ0n) is 12.4. The predicted octanol–water partition coefficient (Wildman–Crippen LogP) is 2.40. The topological polar surface area (TPSA) is 75.0 Å². The summed E-state index contributed by atoms with van der Waals surface area (Å²) in [6.45, 7) is -0.112. The molecule has 2 heterocycles. The van der Waals surface area contributed by atoms with Gasteiger partial charge in [0, 0.05) is 5.92 Å². The number of fused-ring (bicyclic) bond motifs is 1. The molecule has 23 heavy (non-hydrogen) atoms. The molecule has 1 aromatic carbocycles. The number of alkyl halides is 3. The first-order chi connectivity index (χ1) is 10.8. The predicted molar refractivity (Wildman–Crippen MR) is 79.1 cm³/mol. The van der Waals surface area contributed by atoms with Gasteiger partial charge < -0.3 is 10.7 Å². The number of piperidine rings is 1. The van der Waals surface area contributed by atoms with Crippen molar-refractivity contribution >= 4 is 16.9 Å². The molecule has 0 bridgehead atoms. The van der Waals surface area contributed by atoms with Crippen molar-refractivity contribution in [1.82, 2.24) is 14.9 Å². The maximum Gasteiger partial charge on any atom is 0.401 e. The lowest BCUT2D eigenvalue weighted by Crippen LogP contribution is -2.39. The average Bonchev–Trinajstić information content (AvgIpc) is 2.89. The highest BCUT2D eigenvalue weighted by Gasteiger charge is 2.33. The van der Waals surface area contributed by atoms with Crippen molar-refractivity contribution in [3.05, 3.63) is 29.6 Å². The fourth-order valence-electron chi connectivity index (χ4n) is 3.06. The molecule has 124 valence electrons. The first-order valence-corrected chi connectivity index (χ1v) is 7.41. The second-order valence-electron chi connectivity index (χ2n) is 5.85. The van der Waals surface area contributed by atoms with Gasteiger partial charge in [-0.05, 0) is 38.1 Å². The smallest absolute Gasteiger partial charge is 0.366 e. The van der Waals surface area contributed by atoms with E-state index in [-0.39, 0.29) is 5.92 Å². The molecule has 5 nitrogen and oxygen atoms in total. The summed E-state index contributed by atoms with van der Waals surface area (Å²) in [5.74, 6) is 0.224. The van der Waals surface area contributed by atoms with E-state index < -0.39 is 18.6 Å². The molecule has 3 N–H and O–H groups in total. The Morgan fingerprint density at radius 2 is 2.04 bits per heavy atom. The van der Waals surface area contributed by atoms with Gasteiger partial charge in [-0.3, -0.25) is 9.69 Å². The number of hydrogen-bond acceptors (Lipinski definition) is 3. The number of carbonyl (C=O) groups is 1. The highest BCUT2D eigenvalue weighted by Crippen LogP contribution is 2.30. The standard InChI is InChI=1S/C15H17F3N4O/c16-15(17,18)8-22-6-4-9(5-7-22)14-20-11-3-1-2-10(13(19)23)12(11)21-14/h1-3,9H,4-8H2,(H2,19,23)(H,20,21). The Kier molecular flexibility index (Phi) is 4.01. The van der Waals surface area contributed by atoms with E-state index in [2.05, 4.69) is 9.97 Å². The van der Waals surface area contributed by atoms with E-state index in [0.29, 0.717) is 48.4 Å². The van der Waals surface area contributed by atoms with Gasteiger partial charge in [-0.15, -0.1) is 0 Å². The van der Waals surface area contributed by atoms with Crippen LogP contribution in [0.25, 0.3) is 11.0 Å². The van der Waals surface area contributed by atoms with E-state index in [4.69, 9.17) is 5.73 Å². The van der Waals surface area contributed by atoms with Gasteiger partial charge in [0.1, 0.15) is 11.3 Å². The molecular weight excluding hydrogens is 309 g/mol. The molecular formula is C15H17F3N4O. The lowest BCUT2D eigenvalue weighted by atomic mass is 9.96. The Hall–Kier alpha value is -2.09. The van der Waals surface area contributed by atoms with Crippen molar-refractivity contribution in [1.29, 1.82) is 0 Å². The molecule has 0 unspecified atom stereocenters. The molecule has 2 aromatic rings. The van der Waals surface area contributed by atoms with Crippen molar-refractivity contribution in [3.8, 4) is 0 Å². The van der Waals surface area contributed by atoms with Gasteiger partial charge in [-0.25, -0.2) is 4.98 Å². The molecule has 1 fully saturated rings. The van der Waals surface area contributed by atoms with Crippen molar-refractivity contribution in [2.24, 2.45) is 5.73 Å². The number of benzene rings is 1. The molecule has 1 aliphatic heterocycles. The Morgan fingerprint density at radius 3 is 2.65 bits per heavy atom. The number of nitrogens with zero attached hydrogens (tertiary/aromatic N) is 2. The van der Waals surface area contributed by atoms with E-state index in [1.54, 1.807) is 18.2 Å². The summed E-state index contributed by atoms with van der Waals surface area (Å²) >= 11 is 0. The zero-order chi connectivity index (χ0) is 16.6. The molecule has 1 amide bonds. The minimum atomic E-state index is -4.16. The van der Waals surface area contributed by atoms with Gasteiger partial charge in [-0.1, -0.05) is 6.07 Å². The fourth-order valence-corrected chi connectivity index (χ4v) is 3.06. The highest BCUT2D eigenvalue weighted by atomic mass is 19.4. The maximum absolute atomic E-state index is 12.4. The number of nitrogens with one attached hydrogen (secondary N) is 1. The van der Waals surface area contributed by atoms with Crippen LogP contribution >= 0.6 is 0 Å². The Balaban J connectivity index is 1.75. The minimum Gasteiger partial charge on any atom is -0.366 e. The van der Waals surface area contributed by atoms with Crippen LogP contribution in [0.2, 0.25) is 0 Å². The fraction of sp³-hybridized carbons (Fsp3) is 0.467. The molecule has 8 heteroatoms. The molecule has 0 saturated carbocycles. The summed E-state index contributed by atoms with van der Waals surface area (Å²) in [6, 6.07) is 5.13. The van der Waals surface area contributed by atoms with Gasteiger partial charge >= 0.3 is 6.18 Å². The molecule has 0 atom stereocenters. The van der Waals surface area contributed by atoms with Crippen LogP contribution in [-0.2, 0) is 0 Å². The SMILES string of the molecule is NC(=O)c1cccc2[nH]c(C3CCN(CC(F)(F)F)CC3)nc12. The van der Waals surface area contributed by atoms with Crippen LogP contribution < -0.4 is 5.73 Å².